The smallest absolute Gasteiger partial charge is 0.390 e. The van der Waals surface area contributed by atoms with Gasteiger partial charge in [0.1, 0.15) is 7.11 Å². The van der Waals surface area contributed by atoms with Crippen LogP contribution < -0.4 is 4.90 Å². The minimum atomic E-state index is -4.42. The van der Waals surface area contributed by atoms with E-state index in [1.54, 1.807) is 49.3 Å². The number of rotatable bonds is 9. The first-order chi connectivity index (χ1) is 14.2. The SMILES string of the molecule is CCN(C(=O)/C(CS(=O)CCC(F)(F)F)=N\OC)c1cn(-c2cccnc2)nc1C. The van der Waals surface area contributed by atoms with Crippen LogP contribution in [0.2, 0.25) is 0 Å². The number of carbonyl (C=O) groups is 1. The van der Waals surface area contributed by atoms with Crippen molar-refractivity contribution in [2.75, 3.05) is 30.1 Å². The molecule has 0 aliphatic rings. The maximum absolute atomic E-state index is 13.0. The van der Waals surface area contributed by atoms with Gasteiger partial charge in [-0.25, -0.2) is 4.68 Å². The fourth-order valence-corrected chi connectivity index (χ4v) is 3.69. The number of hydrogen-bond acceptors (Lipinski definition) is 6. The quantitative estimate of drug-likeness (QED) is 0.437. The highest BCUT2D eigenvalue weighted by Gasteiger charge is 2.30. The van der Waals surface area contributed by atoms with Gasteiger partial charge in [0.05, 0.1) is 41.6 Å². The van der Waals surface area contributed by atoms with E-state index >= 15 is 0 Å². The van der Waals surface area contributed by atoms with Gasteiger partial charge in [-0.15, -0.1) is 0 Å². The van der Waals surface area contributed by atoms with Gasteiger partial charge in [0.25, 0.3) is 5.91 Å². The monoisotopic (exact) mass is 445 g/mol. The molecule has 0 radical (unpaired) electrons. The largest absolute Gasteiger partial charge is 0.399 e. The summed E-state index contributed by atoms with van der Waals surface area (Å²) in [6, 6.07) is 3.54. The molecule has 0 saturated heterocycles. The van der Waals surface area contributed by atoms with Gasteiger partial charge in [0, 0.05) is 29.3 Å². The minimum Gasteiger partial charge on any atom is -0.399 e. The second-order valence-corrected chi connectivity index (χ2v) is 7.76. The van der Waals surface area contributed by atoms with E-state index in [2.05, 4.69) is 20.1 Å². The van der Waals surface area contributed by atoms with E-state index in [1.807, 2.05) is 0 Å². The Balaban J connectivity index is 2.23. The molecule has 1 amide bonds. The predicted octanol–water partition coefficient (Wildman–Crippen LogP) is 2.63. The first-order valence-electron chi connectivity index (χ1n) is 8.96. The van der Waals surface area contributed by atoms with Crippen LogP contribution in [-0.2, 0) is 20.4 Å². The number of hydrogen-bond donors (Lipinski definition) is 0. The lowest BCUT2D eigenvalue weighted by molar-refractivity contribution is -0.129. The Hall–Kier alpha value is -2.76. The molecule has 2 aromatic rings. The van der Waals surface area contributed by atoms with E-state index < -0.39 is 40.8 Å². The van der Waals surface area contributed by atoms with Crippen LogP contribution in [0.3, 0.4) is 0 Å². The topological polar surface area (TPSA) is 89.7 Å². The van der Waals surface area contributed by atoms with Gasteiger partial charge in [-0.3, -0.25) is 14.0 Å². The van der Waals surface area contributed by atoms with Gasteiger partial charge in [0.15, 0.2) is 5.71 Å². The van der Waals surface area contributed by atoms with Crippen LogP contribution in [0.4, 0.5) is 18.9 Å². The summed E-state index contributed by atoms with van der Waals surface area (Å²) >= 11 is 0. The molecule has 0 aromatic carbocycles. The summed E-state index contributed by atoms with van der Waals surface area (Å²) in [5.41, 5.74) is 1.49. The highest BCUT2D eigenvalue weighted by Crippen LogP contribution is 2.22. The van der Waals surface area contributed by atoms with Crippen molar-refractivity contribution in [3.63, 3.8) is 0 Å². The van der Waals surface area contributed by atoms with E-state index in [-0.39, 0.29) is 12.3 Å². The number of amides is 1. The van der Waals surface area contributed by atoms with E-state index in [0.29, 0.717) is 17.1 Å². The van der Waals surface area contributed by atoms with Gasteiger partial charge in [-0.2, -0.15) is 18.3 Å². The lowest BCUT2D eigenvalue weighted by Crippen LogP contribution is -2.39. The molecule has 8 nitrogen and oxygen atoms in total. The molecule has 0 fully saturated rings. The Labute approximate surface area is 174 Å². The molecular weight excluding hydrogens is 423 g/mol. The molecule has 0 N–H and O–H groups in total. The molecule has 2 heterocycles. The molecule has 1 atom stereocenters. The number of alkyl halides is 3. The molecule has 12 heteroatoms. The summed E-state index contributed by atoms with van der Waals surface area (Å²) in [6.45, 7) is 3.67. The summed E-state index contributed by atoms with van der Waals surface area (Å²) in [5.74, 6) is -1.69. The Bertz CT molecular complexity index is 916. The molecule has 0 aliphatic carbocycles. The Morgan fingerprint density at radius 1 is 1.40 bits per heavy atom. The van der Waals surface area contributed by atoms with Gasteiger partial charge >= 0.3 is 6.18 Å². The Morgan fingerprint density at radius 2 is 2.13 bits per heavy atom. The zero-order valence-electron chi connectivity index (χ0n) is 16.7. The van der Waals surface area contributed by atoms with Crippen LogP contribution in [0.5, 0.6) is 0 Å². The van der Waals surface area contributed by atoms with Crippen molar-refractivity contribution in [2.45, 2.75) is 26.4 Å². The highest BCUT2D eigenvalue weighted by atomic mass is 32.2. The Kier molecular flexibility index (Phi) is 8.09. The van der Waals surface area contributed by atoms with Crippen LogP contribution in [0.25, 0.3) is 5.69 Å². The predicted molar refractivity (Wildman–Crippen MR) is 107 cm³/mol. The first-order valence-corrected chi connectivity index (χ1v) is 10.4. The van der Waals surface area contributed by atoms with Crippen LogP contribution in [-0.4, -0.2) is 61.9 Å². The van der Waals surface area contributed by atoms with Crippen LogP contribution in [0, 0.1) is 6.92 Å². The lowest BCUT2D eigenvalue weighted by Gasteiger charge is -2.20. The van der Waals surface area contributed by atoms with Crippen molar-refractivity contribution in [3.8, 4) is 5.69 Å². The van der Waals surface area contributed by atoms with Crippen molar-refractivity contribution in [3.05, 3.63) is 36.4 Å². The third-order valence-corrected chi connectivity index (χ3v) is 5.25. The van der Waals surface area contributed by atoms with Crippen molar-refractivity contribution < 1.29 is 27.0 Å². The molecular formula is C18H22F3N5O3S. The van der Waals surface area contributed by atoms with Crippen molar-refractivity contribution >= 4 is 28.1 Å². The van der Waals surface area contributed by atoms with E-state index in [9.17, 15) is 22.2 Å². The lowest BCUT2D eigenvalue weighted by atomic mass is 10.3. The molecule has 164 valence electrons. The maximum Gasteiger partial charge on any atom is 0.390 e. The number of aromatic nitrogens is 3. The maximum atomic E-state index is 13.0. The number of anilines is 1. The summed E-state index contributed by atoms with van der Waals surface area (Å²) in [5, 5.41) is 7.99. The van der Waals surface area contributed by atoms with Crippen molar-refractivity contribution in [2.24, 2.45) is 5.16 Å². The van der Waals surface area contributed by atoms with E-state index in [0.717, 1.165) is 0 Å². The molecule has 2 rings (SSSR count). The minimum absolute atomic E-state index is 0.228. The molecule has 0 saturated carbocycles. The van der Waals surface area contributed by atoms with Crippen molar-refractivity contribution in [1.82, 2.24) is 14.8 Å². The molecule has 30 heavy (non-hydrogen) atoms. The first kappa shape index (κ1) is 23.5. The summed E-state index contributed by atoms with van der Waals surface area (Å²) < 4.78 is 50.7. The van der Waals surface area contributed by atoms with Crippen LogP contribution in [0.15, 0.2) is 35.9 Å². The fourth-order valence-electron chi connectivity index (χ4n) is 2.61. The summed E-state index contributed by atoms with van der Waals surface area (Å²) in [6.07, 6.45) is -0.766. The number of halogens is 3. The fraction of sp³-hybridized carbons (Fsp3) is 0.444. The number of nitrogens with zero attached hydrogens (tertiary/aromatic N) is 5. The second kappa shape index (κ2) is 10.3. The van der Waals surface area contributed by atoms with Gasteiger partial charge < -0.3 is 9.74 Å². The average Bonchev–Trinajstić information content (AvgIpc) is 3.08. The zero-order valence-corrected chi connectivity index (χ0v) is 17.5. The van der Waals surface area contributed by atoms with Crippen LogP contribution in [0.1, 0.15) is 19.0 Å². The van der Waals surface area contributed by atoms with Gasteiger partial charge in [-0.05, 0) is 26.0 Å². The number of pyridine rings is 1. The Morgan fingerprint density at radius 3 is 2.70 bits per heavy atom. The molecule has 1 unspecified atom stereocenters. The standard InChI is InChI=1S/C18H22F3N5O3S/c1-4-25(16-11-26(23-13(16)2)14-6-5-8-22-10-14)17(27)15(24-29-3)12-30(28)9-7-18(19,20)21/h5-6,8,10-11H,4,7,9,12H2,1-3H3/b24-15-. The van der Waals surface area contributed by atoms with Gasteiger partial charge in [-0.1, -0.05) is 5.16 Å². The normalized spacial score (nSPS) is 13.2. The molecule has 0 spiro atoms. The number of carbonyl (C=O) groups excluding carboxylic acids is 1. The average molecular weight is 445 g/mol. The number of oxime groups is 1. The van der Waals surface area contributed by atoms with Crippen molar-refractivity contribution in [1.29, 1.82) is 0 Å². The molecule has 0 aliphatic heterocycles. The molecule has 2 aromatic heterocycles. The summed E-state index contributed by atoms with van der Waals surface area (Å²) in [7, 11) is -0.729. The van der Waals surface area contributed by atoms with Crippen LogP contribution >= 0.6 is 0 Å². The summed E-state index contributed by atoms with van der Waals surface area (Å²) in [4.78, 5) is 23.1. The number of aryl methyl sites for hydroxylation is 1. The molecule has 0 bridgehead atoms. The third kappa shape index (κ3) is 6.37. The van der Waals surface area contributed by atoms with E-state index in [4.69, 9.17) is 0 Å². The highest BCUT2D eigenvalue weighted by molar-refractivity contribution is 7.85. The zero-order chi connectivity index (χ0) is 22.3. The van der Waals surface area contributed by atoms with E-state index in [1.165, 1.54) is 12.0 Å². The van der Waals surface area contributed by atoms with Gasteiger partial charge in [0.2, 0.25) is 0 Å². The second-order valence-electron chi connectivity index (χ2n) is 6.18. The third-order valence-electron chi connectivity index (χ3n) is 3.99.